The Hall–Kier alpha value is -0.860. The Balaban J connectivity index is 2.38. The van der Waals surface area contributed by atoms with Gasteiger partial charge in [-0.05, 0) is 18.9 Å². The Kier molecular flexibility index (Phi) is 2.63. The number of hydrogen-bond donors (Lipinski definition) is 0. The van der Waals surface area contributed by atoms with Gasteiger partial charge >= 0.3 is 5.97 Å². The van der Waals surface area contributed by atoms with Gasteiger partial charge < -0.3 is 4.74 Å². The van der Waals surface area contributed by atoms with Crippen molar-refractivity contribution in [2.24, 2.45) is 0 Å². The van der Waals surface area contributed by atoms with Crippen molar-refractivity contribution in [3.05, 3.63) is 12.2 Å². The molecular weight excluding hydrogens is 147 g/mol. The summed E-state index contributed by atoms with van der Waals surface area (Å²) in [5.74, 6) is -0.308. The van der Waals surface area contributed by atoms with Crippen molar-refractivity contribution in [3.8, 4) is 0 Å². The molecule has 1 aliphatic carbocycles. The summed E-state index contributed by atoms with van der Waals surface area (Å²) in [6.07, 6.45) is 3.03. The first-order valence-corrected chi connectivity index (χ1v) is 3.68. The van der Waals surface area contributed by atoms with Crippen LogP contribution in [0.25, 0.3) is 0 Å². The number of halogens is 1. The van der Waals surface area contributed by atoms with Gasteiger partial charge in [0.15, 0.2) is 0 Å². The van der Waals surface area contributed by atoms with E-state index in [0.29, 0.717) is 12.8 Å². The highest BCUT2D eigenvalue weighted by Crippen LogP contribution is 2.16. The van der Waals surface area contributed by atoms with Crippen LogP contribution in [0.5, 0.6) is 0 Å². The summed E-state index contributed by atoms with van der Waals surface area (Å²) < 4.78 is 17.3. The second-order valence-electron chi connectivity index (χ2n) is 2.63. The minimum absolute atomic E-state index is 0.209. The zero-order valence-electron chi connectivity index (χ0n) is 6.42. The van der Waals surface area contributed by atoms with Crippen molar-refractivity contribution < 1.29 is 13.9 Å². The zero-order chi connectivity index (χ0) is 8.27. The van der Waals surface area contributed by atoms with E-state index in [1.807, 2.05) is 0 Å². The molecule has 62 valence electrons. The number of esters is 1. The third-order valence-electron chi connectivity index (χ3n) is 1.58. The van der Waals surface area contributed by atoms with Crippen molar-refractivity contribution in [2.45, 2.75) is 32.0 Å². The van der Waals surface area contributed by atoms with Crippen LogP contribution in [0.2, 0.25) is 0 Å². The van der Waals surface area contributed by atoms with Crippen LogP contribution in [0.3, 0.4) is 0 Å². The van der Waals surface area contributed by atoms with Crippen LogP contribution in [-0.4, -0.2) is 18.2 Å². The molecule has 0 bridgehead atoms. The Morgan fingerprint density at radius 2 is 2.27 bits per heavy atom. The van der Waals surface area contributed by atoms with Gasteiger partial charge in [-0.15, -0.1) is 0 Å². The van der Waals surface area contributed by atoms with Crippen LogP contribution in [0.4, 0.5) is 4.39 Å². The lowest BCUT2D eigenvalue weighted by atomic mass is 10.0. The molecule has 0 unspecified atom stereocenters. The van der Waals surface area contributed by atoms with Crippen LogP contribution in [0.1, 0.15) is 19.8 Å². The monoisotopic (exact) mass is 158 g/mol. The average Bonchev–Trinajstić information content (AvgIpc) is 1.93. The van der Waals surface area contributed by atoms with E-state index in [4.69, 9.17) is 4.74 Å². The molecule has 0 aliphatic heterocycles. The number of ether oxygens (including phenoxy) is 1. The van der Waals surface area contributed by atoms with Crippen molar-refractivity contribution in [3.63, 3.8) is 0 Å². The lowest BCUT2D eigenvalue weighted by molar-refractivity contribution is -0.144. The van der Waals surface area contributed by atoms with Crippen molar-refractivity contribution in [2.75, 3.05) is 0 Å². The van der Waals surface area contributed by atoms with Crippen LogP contribution in [0.15, 0.2) is 12.2 Å². The molecule has 0 saturated heterocycles. The third kappa shape index (κ3) is 2.70. The second kappa shape index (κ2) is 3.51. The molecule has 0 aromatic rings. The molecular formula is C8H11FO2. The fourth-order valence-corrected chi connectivity index (χ4v) is 1.07. The Morgan fingerprint density at radius 1 is 1.55 bits per heavy atom. The van der Waals surface area contributed by atoms with Gasteiger partial charge in [-0.25, -0.2) is 4.39 Å². The van der Waals surface area contributed by atoms with Crippen molar-refractivity contribution >= 4 is 5.97 Å². The summed E-state index contributed by atoms with van der Waals surface area (Å²) in [7, 11) is 0. The van der Waals surface area contributed by atoms with Crippen LogP contribution in [0, 0.1) is 0 Å². The molecule has 0 heterocycles. The van der Waals surface area contributed by atoms with Gasteiger partial charge in [0.25, 0.3) is 0 Å². The molecule has 3 heteroatoms. The zero-order valence-corrected chi connectivity index (χ0v) is 6.42. The highest BCUT2D eigenvalue weighted by Gasteiger charge is 2.16. The molecule has 2 atom stereocenters. The van der Waals surface area contributed by atoms with Crippen LogP contribution in [-0.2, 0) is 9.53 Å². The van der Waals surface area contributed by atoms with Gasteiger partial charge in [-0.3, -0.25) is 4.79 Å². The highest BCUT2D eigenvalue weighted by molar-refractivity contribution is 5.66. The standard InChI is InChI=1S/C8H11FO2/c1-6(10)11-8-4-2-7(9)3-5-8/h2,4,7-8H,3,5H2,1H3/t7-,8-/m1/s1. The van der Waals surface area contributed by atoms with Gasteiger partial charge in [0.05, 0.1) is 0 Å². The van der Waals surface area contributed by atoms with E-state index in [1.165, 1.54) is 13.0 Å². The molecule has 0 amide bonds. The smallest absolute Gasteiger partial charge is 0.303 e. The number of hydrogen-bond acceptors (Lipinski definition) is 2. The summed E-state index contributed by atoms with van der Waals surface area (Å²) in [5, 5.41) is 0. The van der Waals surface area contributed by atoms with E-state index in [9.17, 15) is 9.18 Å². The first-order valence-electron chi connectivity index (χ1n) is 3.68. The third-order valence-corrected chi connectivity index (χ3v) is 1.58. The Bertz CT molecular complexity index is 177. The molecule has 11 heavy (non-hydrogen) atoms. The average molecular weight is 158 g/mol. The quantitative estimate of drug-likeness (QED) is 0.428. The number of carbonyl (C=O) groups excluding carboxylic acids is 1. The fourth-order valence-electron chi connectivity index (χ4n) is 1.07. The lowest BCUT2D eigenvalue weighted by Gasteiger charge is -2.17. The molecule has 1 aliphatic rings. The van der Waals surface area contributed by atoms with E-state index < -0.39 is 6.17 Å². The van der Waals surface area contributed by atoms with E-state index in [-0.39, 0.29) is 12.1 Å². The van der Waals surface area contributed by atoms with E-state index in [0.717, 1.165) is 0 Å². The maximum atomic E-state index is 12.5. The maximum absolute atomic E-state index is 12.5. The first-order chi connectivity index (χ1) is 5.18. The van der Waals surface area contributed by atoms with Gasteiger partial charge in [0.1, 0.15) is 12.3 Å². The number of rotatable bonds is 1. The molecule has 2 nitrogen and oxygen atoms in total. The van der Waals surface area contributed by atoms with Crippen LogP contribution >= 0.6 is 0 Å². The summed E-state index contributed by atoms with van der Waals surface area (Å²) in [6.45, 7) is 1.36. The topological polar surface area (TPSA) is 26.3 Å². The lowest BCUT2D eigenvalue weighted by Crippen LogP contribution is -2.19. The SMILES string of the molecule is CC(=O)O[C@@H]1C=C[C@@H](F)CC1. The molecule has 0 N–H and O–H groups in total. The molecule has 0 fully saturated rings. The number of allylic oxidation sites excluding steroid dienone is 1. The van der Waals surface area contributed by atoms with Crippen LogP contribution < -0.4 is 0 Å². The molecule has 0 aromatic carbocycles. The summed E-state index contributed by atoms with van der Waals surface area (Å²) in [5.41, 5.74) is 0. The van der Waals surface area contributed by atoms with Gasteiger partial charge in [0, 0.05) is 6.92 Å². The second-order valence-corrected chi connectivity index (χ2v) is 2.63. The molecule has 0 spiro atoms. The number of carbonyl (C=O) groups is 1. The Labute approximate surface area is 65.0 Å². The van der Waals surface area contributed by atoms with Crippen molar-refractivity contribution in [1.82, 2.24) is 0 Å². The first kappa shape index (κ1) is 8.24. The van der Waals surface area contributed by atoms with E-state index in [2.05, 4.69) is 0 Å². The van der Waals surface area contributed by atoms with Crippen molar-refractivity contribution in [1.29, 1.82) is 0 Å². The summed E-state index contributed by atoms with van der Waals surface area (Å²) >= 11 is 0. The predicted molar refractivity (Wildman–Crippen MR) is 38.8 cm³/mol. The maximum Gasteiger partial charge on any atom is 0.303 e. The normalized spacial score (nSPS) is 30.0. The largest absolute Gasteiger partial charge is 0.458 e. The summed E-state index contributed by atoms with van der Waals surface area (Å²) in [4.78, 5) is 10.4. The van der Waals surface area contributed by atoms with Gasteiger partial charge in [0.2, 0.25) is 0 Å². The number of alkyl halides is 1. The van der Waals surface area contributed by atoms with Gasteiger partial charge in [-0.1, -0.05) is 6.08 Å². The van der Waals surface area contributed by atoms with E-state index >= 15 is 0 Å². The highest BCUT2D eigenvalue weighted by atomic mass is 19.1. The van der Waals surface area contributed by atoms with E-state index in [1.54, 1.807) is 6.08 Å². The minimum atomic E-state index is -0.859. The molecule has 1 rings (SSSR count). The predicted octanol–water partition coefficient (Wildman–Crippen LogP) is 1.61. The molecule has 0 saturated carbocycles. The molecule has 0 radical (unpaired) electrons. The molecule has 0 aromatic heterocycles. The van der Waals surface area contributed by atoms with Gasteiger partial charge in [-0.2, -0.15) is 0 Å². The summed E-state index contributed by atoms with van der Waals surface area (Å²) in [6, 6.07) is 0. The Morgan fingerprint density at radius 3 is 2.73 bits per heavy atom. The fraction of sp³-hybridized carbons (Fsp3) is 0.625. The minimum Gasteiger partial charge on any atom is -0.458 e.